The van der Waals surface area contributed by atoms with Gasteiger partial charge in [0.05, 0.1) is 0 Å². The first-order valence-electron chi connectivity index (χ1n) is 8.56. The van der Waals surface area contributed by atoms with Crippen molar-refractivity contribution in [3.8, 4) is 17.6 Å². The molecule has 0 radical (unpaired) electrons. The minimum absolute atomic E-state index is 0.244. The lowest BCUT2D eigenvalue weighted by atomic mass is 10.3. The fourth-order valence-electron chi connectivity index (χ4n) is 2.83. The topological polar surface area (TPSA) is 59.8 Å². The summed E-state index contributed by atoms with van der Waals surface area (Å²) in [6.07, 6.45) is 0.244. The molecule has 6 heteroatoms. The highest BCUT2D eigenvalue weighted by molar-refractivity contribution is 5.72. The number of piperazine rings is 1. The first kappa shape index (κ1) is 15.9. The van der Waals surface area contributed by atoms with Crippen molar-refractivity contribution in [3.05, 3.63) is 48.5 Å². The predicted octanol–water partition coefficient (Wildman–Crippen LogP) is 2.90. The molecule has 6 nitrogen and oxygen atoms in total. The molecule has 0 amide bonds. The van der Waals surface area contributed by atoms with Crippen molar-refractivity contribution < 1.29 is 13.9 Å². The largest absolute Gasteiger partial charge is 0.492 e. The van der Waals surface area contributed by atoms with Crippen molar-refractivity contribution in [3.63, 3.8) is 0 Å². The predicted molar refractivity (Wildman–Crippen MR) is 95.3 cm³/mol. The van der Waals surface area contributed by atoms with Gasteiger partial charge in [-0.3, -0.25) is 4.90 Å². The summed E-state index contributed by atoms with van der Waals surface area (Å²) in [6, 6.07) is 15.1. The fraction of sp³-hybridized carbons (Fsp3) is 0.316. The zero-order valence-corrected chi connectivity index (χ0v) is 14.0. The molecule has 0 unspecified atom stereocenters. The van der Waals surface area contributed by atoms with Crippen molar-refractivity contribution in [2.45, 2.75) is 0 Å². The number of para-hydroxylation sites is 2. The summed E-state index contributed by atoms with van der Waals surface area (Å²) in [4.78, 5) is 6.71. The van der Waals surface area contributed by atoms with Crippen LogP contribution in [0.1, 0.15) is 0 Å². The number of nitrogens with zero attached hydrogens (tertiary/aromatic N) is 2. The number of rotatable bonds is 6. The lowest BCUT2D eigenvalue weighted by Gasteiger charge is -2.26. The summed E-state index contributed by atoms with van der Waals surface area (Å²) in [5.74, 6) is 1.50. The molecule has 0 bridgehead atoms. The van der Waals surface area contributed by atoms with E-state index in [1.165, 1.54) is 0 Å². The van der Waals surface area contributed by atoms with Gasteiger partial charge >= 0.3 is 6.08 Å². The monoisotopic (exact) mass is 339 g/mol. The molecule has 0 spiro atoms. The molecule has 1 N–H and O–H groups in total. The van der Waals surface area contributed by atoms with Gasteiger partial charge in [0.1, 0.15) is 23.6 Å². The van der Waals surface area contributed by atoms with Crippen LogP contribution in [0.5, 0.6) is 17.6 Å². The van der Waals surface area contributed by atoms with E-state index in [9.17, 15) is 0 Å². The van der Waals surface area contributed by atoms with Crippen molar-refractivity contribution in [2.24, 2.45) is 0 Å². The number of aromatic nitrogens is 1. The molecule has 0 atom stereocenters. The summed E-state index contributed by atoms with van der Waals surface area (Å²) >= 11 is 0. The van der Waals surface area contributed by atoms with E-state index >= 15 is 0 Å². The molecule has 2 heterocycles. The number of oxazole rings is 1. The van der Waals surface area contributed by atoms with E-state index in [1.54, 1.807) is 0 Å². The third-order valence-electron chi connectivity index (χ3n) is 4.19. The number of hydrogen-bond acceptors (Lipinski definition) is 6. The van der Waals surface area contributed by atoms with Crippen LogP contribution in [0.4, 0.5) is 0 Å². The van der Waals surface area contributed by atoms with Crippen LogP contribution >= 0.6 is 0 Å². The number of hydrogen-bond donors (Lipinski definition) is 1. The molecule has 4 rings (SSSR count). The summed E-state index contributed by atoms with van der Waals surface area (Å²) < 4.78 is 17.0. The summed E-state index contributed by atoms with van der Waals surface area (Å²) in [7, 11) is 0. The van der Waals surface area contributed by atoms with Gasteiger partial charge in [-0.1, -0.05) is 12.1 Å². The highest BCUT2D eigenvalue weighted by Gasteiger charge is 2.09. The van der Waals surface area contributed by atoms with Crippen molar-refractivity contribution in [2.75, 3.05) is 39.3 Å². The molecular formula is C19H21N3O3. The Morgan fingerprint density at radius 1 is 1.00 bits per heavy atom. The zero-order valence-electron chi connectivity index (χ0n) is 14.0. The Labute approximate surface area is 146 Å². The summed E-state index contributed by atoms with van der Waals surface area (Å²) in [5.41, 5.74) is 1.50. The molecule has 0 aliphatic carbocycles. The minimum atomic E-state index is 0.244. The standard InChI is InChI=1S/C19H21N3O3/c1-2-4-18-17(3-1)21-19(25-18)24-16-7-5-15(6-8-16)23-14-13-22-11-9-20-10-12-22/h1-8,20H,9-14H2. The van der Waals surface area contributed by atoms with Crippen LogP contribution in [0, 0.1) is 0 Å². The average molecular weight is 339 g/mol. The zero-order chi connectivity index (χ0) is 16.9. The van der Waals surface area contributed by atoms with E-state index in [0.29, 0.717) is 17.9 Å². The maximum Gasteiger partial charge on any atom is 0.400 e. The van der Waals surface area contributed by atoms with Gasteiger partial charge in [0.25, 0.3) is 0 Å². The van der Waals surface area contributed by atoms with Crippen LogP contribution in [0.2, 0.25) is 0 Å². The van der Waals surface area contributed by atoms with Gasteiger partial charge in [-0.05, 0) is 36.4 Å². The highest BCUT2D eigenvalue weighted by atomic mass is 16.6. The molecule has 1 saturated heterocycles. The minimum Gasteiger partial charge on any atom is -0.492 e. The molecular weight excluding hydrogens is 318 g/mol. The lowest BCUT2D eigenvalue weighted by Crippen LogP contribution is -2.44. The number of benzene rings is 2. The molecule has 0 saturated carbocycles. The van der Waals surface area contributed by atoms with Crippen LogP contribution in [-0.4, -0.2) is 49.2 Å². The molecule has 1 aromatic heterocycles. The van der Waals surface area contributed by atoms with Gasteiger partial charge in [-0.25, -0.2) is 0 Å². The molecule has 1 aliphatic rings. The van der Waals surface area contributed by atoms with E-state index in [-0.39, 0.29) is 6.08 Å². The van der Waals surface area contributed by atoms with E-state index < -0.39 is 0 Å². The lowest BCUT2D eigenvalue weighted by molar-refractivity contribution is 0.191. The third kappa shape index (κ3) is 4.10. The Morgan fingerprint density at radius 2 is 1.76 bits per heavy atom. The molecule has 1 aliphatic heterocycles. The van der Waals surface area contributed by atoms with Gasteiger partial charge in [0, 0.05) is 32.7 Å². The van der Waals surface area contributed by atoms with Gasteiger partial charge in [0.2, 0.25) is 0 Å². The van der Waals surface area contributed by atoms with Crippen LogP contribution in [0.15, 0.2) is 52.9 Å². The van der Waals surface area contributed by atoms with E-state index in [0.717, 1.165) is 44.0 Å². The summed E-state index contributed by atoms with van der Waals surface area (Å²) in [5, 5.41) is 3.35. The van der Waals surface area contributed by atoms with Gasteiger partial charge in [-0.2, -0.15) is 4.98 Å². The third-order valence-corrected chi connectivity index (χ3v) is 4.19. The fourth-order valence-corrected chi connectivity index (χ4v) is 2.83. The molecule has 25 heavy (non-hydrogen) atoms. The molecule has 2 aromatic carbocycles. The van der Waals surface area contributed by atoms with Gasteiger partial charge in [0.15, 0.2) is 5.58 Å². The average Bonchev–Trinajstić information content (AvgIpc) is 3.06. The molecule has 1 fully saturated rings. The van der Waals surface area contributed by atoms with Crippen LogP contribution in [0.3, 0.4) is 0 Å². The van der Waals surface area contributed by atoms with Crippen LogP contribution < -0.4 is 14.8 Å². The number of fused-ring (bicyclic) bond motifs is 1. The number of nitrogens with one attached hydrogen (secondary N) is 1. The Balaban J connectivity index is 1.30. The Hall–Kier alpha value is -2.57. The van der Waals surface area contributed by atoms with Crippen LogP contribution in [0.25, 0.3) is 11.1 Å². The first-order valence-corrected chi connectivity index (χ1v) is 8.56. The maximum absolute atomic E-state index is 5.81. The highest BCUT2D eigenvalue weighted by Crippen LogP contribution is 2.26. The maximum atomic E-state index is 5.81. The summed E-state index contributed by atoms with van der Waals surface area (Å²) in [6.45, 7) is 5.92. The van der Waals surface area contributed by atoms with E-state index in [1.807, 2.05) is 48.5 Å². The molecule has 130 valence electrons. The van der Waals surface area contributed by atoms with Gasteiger partial charge < -0.3 is 19.2 Å². The molecule has 3 aromatic rings. The number of ether oxygens (including phenoxy) is 2. The SMILES string of the molecule is c1ccc2oc(Oc3ccc(OCCN4CCNCC4)cc3)nc2c1. The Bertz CT molecular complexity index is 777. The van der Waals surface area contributed by atoms with E-state index in [2.05, 4.69) is 15.2 Å². The Kier molecular flexibility index (Phi) is 4.81. The van der Waals surface area contributed by atoms with Crippen molar-refractivity contribution >= 4 is 11.1 Å². The quantitative estimate of drug-likeness (QED) is 0.745. The van der Waals surface area contributed by atoms with Crippen molar-refractivity contribution in [1.82, 2.24) is 15.2 Å². The van der Waals surface area contributed by atoms with Crippen molar-refractivity contribution in [1.29, 1.82) is 0 Å². The second-order valence-corrected chi connectivity index (χ2v) is 5.96. The second kappa shape index (κ2) is 7.55. The van der Waals surface area contributed by atoms with Crippen LogP contribution in [-0.2, 0) is 0 Å². The van der Waals surface area contributed by atoms with E-state index in [4.69, 9.17) is 13.9 Å². The van der Waals surface area contributed by atoms with Gasteiger partial charge in [-0.15, -0.1) is 0 Å². The first-order chi connectivity index (χ1) is 12.4. The smallest absolute Gasteiger partial charge is 0.400 e. The normalized spacial score (nSPS) is 15.4. The Morgan fingerprint density at radius 3 is 2.56 bits per heavy atom. The second-order valence-electron chi connectivity index (χ2n) is 5.96.